The van der Waals surface area contributed by atoms with Crippen molar-refractivity contribution in [1.29, 1.82) is 0 Å². The molecule has 0 radical (unpaired) electrons. The van der Waals surface area contributed by atoms with E-state index in [9.17, 15) is 9.59 Å². The zero-order valence-electron chi connectivity index (χ0n) is 13.6. The van der Waals surface area contributed by atoms with Gasteiger partial charge in [0.05, 0.1) is 17.3 Å². The lowest BCUT2D eigenvalue weighted by molar-refractivity contribution is -0.118. The van der Waals surface area contributed by atoms with Crippen LogP contribution in [0.2, 0.25) is 5.02 Å². The molecule has 3 N–H and O–H groups in total. The number of carbonyl (C=O) groups is 2. The minimum atomic E-state index is -0.807. The highest BCUT2D eigenvalue weighted by Gasteiger charge is 2.18. The van der Waals surface area contributed by atoms with Gasteiger partial charge in [-0.1, -0.05) is 11.6 Å². The Kier molecular flexibility index (Phi) is 9.16. The summed E-state index contributed by atoms with van der Waals surface area (Å²) in [6.45, 7) is 3.93. The smallest absolute Gasteiger partial charge is 0.253 e. The number of anilines is 1. The van der Waals surface area contributed by atoms with E-state index in [2.05, 4.69) is 5.32 Å². The van der Waals surface area contributed by atoms with Gasteiger partial charge in [-0.3, -0.25) is 9.59 Å². The fourth-order valence-electron chi connectivity index (χ4n) is 1.67. The molecule has 2 amide bonds. The SMILES string of the molecule is COCC(N)C(=O)Nc1cc(C(=O)N(C)C(C)C)ccc1Cl.Cl. The fourth-order valence-corrected chi connectivity index (χ4v) is 1.84. The zero-order chi connectivity index (χ0) is 16.9. The topological polar surface area (TPSA) is 84.7 Å². The van der Waals surface area contributed by atoms with Crippen LogP contribution in [0.1, 0.15) is 24.2 Å². The number of hydrogen-bond donors (Lipinski definition) is 2. The van der Waals surface area contributed by atoms with E-state index in [1.54, 1.807) is 30.1 Å². The van der Waals surface area contributed by atoms with Crippen LogP contribution >= 0.6 is 24.0 Å². The van der Waals surface area contributed by atoms with Crippen molar-refractivity contribution in [2.24, 2.45) is 5.73 Å². The van der Waals surface area contributed by atoms with Gasteiger partial charge < -0.3 is 20.7 Å². The molecule has 0 saturated heterocycles. The second-order valence-corrected chi connectivity index (χ2v) is 5.66. The molecule has 0 fully saturated rings. The molecule has 0 heterocycles. The van der Waals surface area contributed by atoms with Crippen LogP contribution < -0.4 is 11.1 Å². The molecule has 0 aliphatic heterocycles. The first-order valence-electron chi connectivity index (χ1n) is 6.90. The van der Waals surface area contributed by atoms with E-state index in [1.165, 1.54) is 7.11 Å². The van der Waals surface area contributed by atoms with Crippen molar-refractivity contribution in [3.05, 3.63) is 28.8 Å². The van der Waals surface area contributed by atoms with Crippen LogP contribution in [0.15, 0.2) is 18.2 Å². The van der Waals surface area contributed by atoms with Crippen molar-refractivity contribution >= 4 is 41.5 Å². The average molecular weight is 364 g/mol. The molecule has 0 aliphatic rings. The van der Waals surface area contributed by atoms with Gasteiger partial charge in [0.2, 0.25) is 5.91 Å². The molecule has 0 aliphatic carbocycles. The van der Waals surface area contributed by atoms with Crippen LogP contribution in [-0.4, -0.2) is 49.6 Å². The van der Waals surface area contributed by atoms with Gasteiger partial charge in [-0.25, -0.2) is 0 Å². The summed E-state index contributed by atoms with van der Waals surface area (Å²) in [4.78, 5) is 25.8. The molecule has 0 aromatic heterocycles. The van der Waals surface area contributed by atoms with Crippen LogP contribution in [0, 0.1) is 0 Å². The van der Waals surface area contributed by atoms with E-state index in [4.69, 9.17) is 22.1 Å². The number of methoxy groups -OCH3 is 1. The Morgan fingerprint density at radius 1 is 1.39 bits per heavy atom. The normalized spacial score (nSPS) is 11.6. The van der Waals surface area contributed by atoms with Crippen LogP contribution in [0.5, 0.6) is 0 Å². The van der Waals surface area contributed by atoms with Gasteiger partial charge in [0.1, 0.15) is 6.04 Å². The Morgan fingerprint density at radius 2 is 2.00 bits per heavy atom. The Labute approximate surface area is 147 Å². The third kappa shape index (κ3) is 5.99. The predicted octanol–water partition coefficient (Wildman–Crippen LogP) is 2.15. The summed E-state index contributed by atoms with van der Waals surface area (Å²) in [5.74, 6) is -0.575. The van der Waals surface area contributed by atoms with Gasteiger partial charge in [-0.15, -0.1) is 12.4 Å². The van der Waals surface area contributed by atoms with Crippen molar-refractivity contribution in [3.63, 3.8) is 0 Å². The summed E-state index contributed by atoms with van der Waals surface area (Å²) in [5.41, 5.74) is 6.45. The second-order valence-electron chi connectivity index (χ2n) is 5.26. The first kappa shape index (κ1) is 21.7. The van der Waals surface area contributed by atoms with Crippen molar-refractivity contribution in [2.75, 3.05) is 26.1 Å². The lowest BCUT2D eigenvalue weighted by atomic mass is 10.1. The largest absolute Gasteiger partial charge is 0.383 e. The number of rotatable bonds is 6. The minimum Gasteiger partial charge on any atom is -0.383 e. The number of carbonyl (C=O) groups excluding carboxylic acids is 2. The van der Waals surface area contributed by atoms with Crippen molar-refractivity contribution < 1.29 is 14.3 Å². The number of hydrogen-bond acceptors (Lipinski definition) is 4. The standard InChI is InChI=1S/C15H22ClN3O3.ClH/c1-9(2)19(3)15(21)10-5-6-11(16)13(7-10)18-14(20)12(17)8-22-4;/h5-7,9,12H,8,17H2,1-4H3,(H,18,20);1H. The third-order valence-corrected chi connectivity index (χ3v) is 3.58. The Hall–Kier alpha value is -1.34. The molecule has 6 nitrogen and oxygen atoms in total. The first-order valence-corrected chi connectivity index (χ1v) is 7.27. The van der Waals surface area contributed by atoms with E-state index in [0.717, 1.165) is 0 Å². The molecular formula is C15H23Cl2N3O3. The van der Waals surface area contributed by atoms with Gasteiger partial charge in [0.15, 0.2) is 0 Å². The lowest BCUT2D eigenvalue weighted by Crippen LogP contribution is -2.39. The number of benzene rings is 1. The molecule has 130 valence electrons. The second kappa shape index (κ2) is 9.72. The maximum Gasteiger partial charge on any atom is 0.253 e. The number of ether oxygens (including phenoxy) is 1. The van der Waals surface area contributed by atoms with E-state index >= 15 is 0 Å². The predicted molar refractivity (Wildman–Crippen MR) is 94.4 cm³/mol. The Morgan fingerprint density at radius 3 is 2.52 bits per heavy atom. The molecule has 0 bridgehead atoms. The summed E-state index contributed by atoms with van der Waals surface area (Å²) < 4.78 is 4.83. The van der Waals surface area contributed by atoms with Crippen molar-refractivity contribution in [3.8, 4) is 0 Å². The molecule has 0 saturated carbocycles. The molecule has 1 unspecified atom stereocenters. The highest BCUT2D eigenvalue weighted by atomic mass is 35.5. The summed E-state index contributed by atoms with van der Waals surface area (Å²) in [7, 11) is 3.18. The fraction of sp³-hybridized carbons (Fsp3) is 0.467. The van der Waals surface area contributed by atoms with Crippen LogP contribution in [0.3, 0.4) is 0 Å². The van der Waals surface area contributed by atoms with E-state index in [0.29, 0.717) is 16.3 Å². The van der Waals surface area contributed by atoms with Gasteiger partial charge in [-0.05, 0) is 32.0 Å². The number of nitrogens with zero attached hydrogens (tertiary/aromatic N) is 1. The quantitative estimate of drug-likeness (QED) is 0.810. The molecule has 8 heteroatoms. The van der Waals surface area contributed by atoms with Gasteiger partial charge >= 0.3 is 0 Å². The molecule has 0 spiro atoms. The van der Waals surface area contributed by atoms with Gasteiger partial charge in [-0.2, -0.15) is 0 Å². The Bertz CT molecular complexity index is 553. The number of halogens is 2. The highest BCUT2D eigenvalue weighted by molar-refractivity contribution is 6.34. The molecule has 23 heavy (non-hydrogen) atoms. The minimum absolute atomic E-state index is 0. The summed E-state index contributed by atoms with van der Waals surface area (Å²) >= 11 is 6.06. The summed E-state index contributed by atoms with van der Waals surface area (Å²) in [5, 5.41) is 2.95. The van der Waals surface area contributed by atoms with E-state index in [1.807, 2.05) is 13.8 Å². The average Bonchev–Trinajstić information content (AvgIpc) is 2.47. The molecule has 1 aromatic rings. The third-order valence-electron chi connectivity index (χ3n) is 3.25. The van der Waals surface area contributed by atoms with E-state index in [-0.39, 0.29) is 31.0 Å². The highest BCUT2D eigenvalue weighted by Crippen LogP contribution is 2.24. The van der Waals surface area contributed by atoms with Crippen LogP contribution in [0.4, 0.5) is 5.69 Å². The van der Waals surface area contributed by atoms with Crippen molar-refractivity contribution in [1.82, 2.24) is 4.90 Å². The maximum absolute atomic E-state index is 12.3. The molecule has 1 rings (SSSR count). The van der Waals surface area contributed by atoms with Crippen LogP contribution in [0.25, 0.3) is 0 Å². The van der Waals surface area contributed by atoms with Gasteiger partial charge in [0, 0.05) is 25.8 Å². The van der Waals surface area contributed by atoms with E-state index < -0.39 is 11.9 Å². The van der Waals surface area contributed by atoms with Crippen LogP contribution in [-0.2, 0) is 9.53 Å². The number of amides is 2. The summed E-state index contributed by atoms with van der Waals surface area (Å²) in [6, 6.07) is 3.99. The van der Waals surface area contributed by atoms with Crippen molar-refractivity contribution in [2.45, 2.75) is 25.9 Å². The maximum atomic E-state index is 12.3. The Balaban J connectivity index is 0.00000484. The molecule has 1 atom stereocenters. The number of nitrogens with two attached hydrogens (primary N) is 1. The zero-order valence-corrected chi connectivity index (χ0v) is 15.2. The summed E-state index contributed by atoms with van der Waals surface area (Å²) in [6.07, 6.45) is 0. The lowest BCUT2D eigenvalue weighted by Gasteiger charge is -2.22. The first-order chi connectivity index (χ1) is 10.3. The number of nitrogens with one attached hydrogen (secondary N) is 1. The molecule has 1 aromatic carbocycles. The monoisotopic (exact) mass is 363 g/mol. The molecular weight excluding hydrogens is 341 g/mol. The van der Waals surface area contributed by atoms with Gasteiger partial charge in [0.25, 0.3) is 5.91 Å².